The van der Waals surface area contributed by atoms with E-state index in [-0.39, 0.29) is 10.5 Å². The van der Waals surface area contributed by atoms with Crippen LogP contribution in [0.25, 0.3) is 0 Å². The van der Waals surface area contributed by atoms with E-state index < -0.39 is 8.32 Å². The zero-order chi connectivity index (χ0) is 15.8. The van der Waals surface area contributed by atoms with E-state index in [0.29, 0.717) is 17.6 Å². The molecule has 20 heavy (non-hydrogen) atoms. The lowest BCUT2D eigenvalue weighted by Gasteiger charge is -2.38. The van der Waals surface area contributed by atoms with E-state index in [1.54, 1.807) is 0 Å². The Kier molecular flexibility index (Phi) is 5.30. The van der Waals surface area contributed by atoms with Crippen LogP contribution in [0.2, 0.25) is 18.1 Å². The molecule has 0 bridgehead atoms. The van der Waals surface area contributed by atoms with Gasteiger partial charge in [0.2, 0.25) is 0 Å². The maximum atomic E-state index is 12.3. The molecule has 0 N–H and O–H groups in total. The zero-order valence-corrected chi connectivity index (χ0v) is 15.8. The van der Waals surface area contributed by atoms with Gasteiger partial charge in [0.15, 0.2) is 8.32 Å². The van der Waals surface area contributed by atoms with E-state index in [0.717, 1.165) is 25.9 Å². The monoisotopic (exact) mass is 298 g/mol. The minimum Gasteiger partial charge on any atom is -0.417 e. The summed E-state index contributed by atoms with van der Waals surface area (Å²) in [7, 11) is -1.69. The second-order valence-electron chi connectivity index (χ2n) is 8.59. The Morgan fingerprint density at radius 3 is 2.35 bits per heavy atom. The van der Waals surface area contributed by atoms with Gasteiger partial charge < -0.3 is 4.43 Å². The summed E-state index contributed by atoms with van der Waals surface area (Å²) in [6.07, 6.45) is 2.72. The summed E-state index contributed by atoms with van der Waals surface area (Å²) in [4.78, 5) is 12.3. The van der Waals surface area contributed by atoms with Crippen LogP contribution in [-0.4, -0.2) is 20.7 Å². The molecule has 118 valence electrons. The third-order valence-corrected chi connectivity index (χ3v) is 10.4. The van der Waals surface area contributed by atoms with Crippen molar-refractivity contribution in [1.29, 1.82) is 0 Å². The Balaban J connectivity index is 2.66. The van der Waals surface area contributed by atoms with Crippen LogP contribution in [0, 0.1) is 17.3 Å². The highest BCUT2D eigenvalue weighted by molar-refractivity contribution is 6.74. The molecule has 0 radical (unpaired) electrons. The van der Waals surface area contributed by atoms with Gasteiger partial charge in [-0.05, 0) is 42.8 Å². The second kappa shape index (κ2) is 5.92. The largest absolute Gasteiger partial charge is 0.417 e. The number of ketones is 1. The van der Waals surface area contributed by atoms with Crippen molar-refractivity contribution in [3.05, 3.63) is 0 Å². The van der Waals surface area contributed by atoms with Gasteiger partial charge in [0, 0.05) is 18.4 Å². The molecule has 0 aliphatic heterocycles. The number of Topliss-reactive ketones (excluding diaryl/α,β-unsaturated/α-hetero) is 1. The van der Waals surface area contributed by atoms with Crippen LogP contribution in [-0.2, 0) is 9.22 Å². The average molecular weight is 299 g/mol. The minimum atomic E-state index is -1.69. The van der Waals surface area contributed by atoms with Crippen LogP contribution in [0.3, 0.4) is 0 Å². The number of hydrogen-bond donors (Lipinski definition) is 0. The van der Waals surface area contributed by atoms with Crippen LogP contribution in [0.1, 0.15) is 60.8 Å². The molecular formula is C17H34O2Si. The second-order valence-corrected chi connectivity index (χ2v) is 13.4. The molecule has 1 rings (SSSR count). The van der Waals surface area contributed by atoms with Gasteiger partial charge in [-0.2, -0.15) is 0 Å². The van der Waals surface area contributed by atoms with Crippen molar-refractivity contribution in [2.24, 2.45) is 17.3 Å². The normalized spacial score (nSPS) is 28.4. The van der Waals surface area contributed by atoms with Crippen LogP contribution >= 0.6 is 0 Å². The van der Waals surface area contributed by atoms with Crippen molar-refractivity contribution < 1.29 is 9.22 Å². The molecule has 0 aromatic rings. The lowest BCUT2D eigenvalue weighted by atomic mass is 9.71. The van der Waals surface area contributed by atoms with Crippen molar-refractivity contribution >= 4 is 14.1 Å². The summed E-state index contributed by atoms with van der Waals surface area (Å²) in [5, 5.41) is 0.241. The minimum absolute atomic E-state index is 0.156. The van der Waals surface area contributed by atoms with Gasteiger partial charge in [0.1, 0.15) is 5.78 Å². The summed E-state index contributed by atoms with van der Waals surface area (Å²) in [5.41, 5.74) is -0.156. The Labute approximate surface area is 126 Å². The molecule has 0 unspecified atom stereocenters. The molecule has 0 heterocycles. The van der Waals surface area contributed by atoms with E-state index in [9.17, 15) is 4.79 Å². The van der Waals surface area contributed by atoms with Crippen LogP contribution in [0.5, 0.6) is 0 Å². The summed E-state index contributed by atoms with van der Waals surface area (Å²) in [5.74, 6) is 1.56. The standard InChI is InChI=1S/C17H34O2Si/c1-13(2)14-9-10-15(18)17(14,6)11-12-19-20(7,8)16(3,4)5/h13-14H,9-12H2,1-8H3/t14-,17-/m1/s1. The average Bonchev–Trinajstić information content (AvgIpc) is 2.53. The molecule has 1 saturated carbocycles. The highest BCUT2D eigenvalue weighted by atomic mass is 28.4. The Morgan fingerprint density at radius 2 is 1.90 bits per heavy atom. The van der Waals surface area contributed by atoms with E-state index in [1.807, 2.05) is 0 Å². The Morgan fingerprint density at radius 1 is 1.35 bits per heavy atom. The predicted octanol–water partition coefficient (Wildman–Crippen LogP) is 5.04. The SMILES string of the molecule is CC(C)[C@H]1CCC(=O)[C@]1(C)CCO[Si](C)(C)C(C)(C)C. The maximum Gasteiger partial charge on any atom is 0.191 e. The van der Waals surface area contributed by atoms with Crippen LogP contribution in [0.15, 0.2) is 0 Å². The molecule has 1 aliphatic carbocycles. The molecule has 0 aromatic heterocycles. The van der Waals surface area contributed by atoms with E-state index >= 15 is 0 Å². The van der Waals surface area contributed by atoms with Crippen molar-refractivity contribution in [2.45, 2.75) is 78.9 Å². The van der Waals surface area contributed by atoms with Gasteiger partial charge in [0.25, 0.3) is 0 Å². The van der Waals surface area contributed by atoms with Gasteiger partial charge in [-0.15, -0.1) is 0 Å². The lowest BCUT2D eigenvalue weighted by Crippen LogP contribution is -2.42. The molecule has 2 nitrogen and oxygen atoms in total. The molecule has 1 aliphatic rings. The zero-order valence-electron chi connectivity index (χ0n) is 14.8. The van der Waals surface area contributed by atoms with Gasteiger partial charge in [-0.25, -0.2) is 0 Å². The van der Waals surface area contributed by atoms with Crippen molar-refractivity contribution in [1.82, 2.24) is 0 Å². The first-order chi connectivity index (χ1) is 8.92. The topological polar surface area (TPSA) is 26.3 Å². The van der Waals surface area contributed by atoms with Gasteiger partial charge in [-0.3, -0.25) is 4.79 Å². The molecule has 0 amide bonds. The highest BCUT2D eigenvalue weighted by Crippen LogP contribution is 2.47. The van der Waals surface area contributed by atoms with E-state index in [1.165, 1.54) is 0 Å². The van der Waals surface area contributed by atoms with Gasteiger partial charge in [-0.1, -0.05) is 41.5 Å². The highest BCUT2D eigenvalue weighted by Gasteiger charge is 2.47. The number of hydrogen-bond acceptors (Lipinski definition) is 2. The van der Waals surface area contributed by atoms with Crippen molar-refractivity contribution in [3.8, 4) is 0 Å². The molecular weight excluding hydrogens is 264 g/mol. The third kappa shape index (κ3) is 3.54. The number of carbonyl (C=O) groups excluding carboxylic acids is 1. The Hall–Kier alpha value is -0.153. The summed E-state index contributed by atoms with van der Waals surface area (Å²) >= 11 is 0. The third-order valence-electron chi connectivity index (χ3n) is 5.83. The smallest absolute Gasteiger partial charge is 0.191 e. The fraction of sp³-hybridized carbons (Fsp3) is 0.941. The first-order valence-corrected chi connectivity index (χ1v) is 11.0. The lowest BCUT2D eigenvalue weighted by molar-refractivity contribution is -0.127. The first-order valence-electron chi connectivity index (χ1n) is 8.09. The number of carbonyl (C=O) groups is 1. The maximum absolute atomic E-state index is 12.3. The Bertz CT molecular complexity index is 354. The molecule has 1 fully saturated rings. The molecule has 0 spiro atoms. The fourth-order valence-electron chi connectivity index (χ4n) is 3.23. The first kappa shape index (κ1) is 17.9. The van der Waals surface area contributed by atoms with E-state index in [2.05, 4.69) is 54.6 Å². The van der Waals surface area contributed by atoms with Gasteiger partial charge >= 0.3 is 0 Å². The van der Waals surface area contributed by atoms with Crippen molar-refractivity contribution in [2.75, 3.05) is 6.61 Å². The van der Waals surface area contributed by atoms with Gasteiger partial charge in [0.05, 0.1) is 0 Å². The van der Waals surface area contributed by atoms with Crippen molar-refractivity contribution in [3.63, 3.8) is 0 Å². The number of rotatable bonds is 5. The van der Waals surface area contributed by atoms with Crippen LogP contribution < -0.4 is 0 Å². The summed E-state index contributed by atoms with van der Waals surface area (Å²) in [6, 6.07) is 0. The predicted molar refractivity (Wildman–Crippen MR) is 88.4 cm³/mol. The summed E-state index contributed by atoms with van der Waals surface area (Å²) in [6.45, 7) is 18.8. The van der Waals surface area contributed by atoms with E-state index in [4.69, 9.17) is 4.43 Å². The summed E-state index contributed by atoms with van der Waals surface area (Å²) < 4.78 is 6.28. The fourth-order valence-corrected chi connectivity index (χ4v) is 4.27. The molecule has 3 heteroatoms. The van der Waals surface area contributed by atoms with Crippen LogP contribution in [0.4, 0.5) is 0 Å². The molecule has 0 aromatic carbocycles. The molecule has 0 saturated heterocycles. The quantitative estimate of drug-likeness (QED) is 0.665. The molecule has 2 atom stereocenters.